The second-order valence-electron chi connectivity index (χ2n) is 9.17. The van der Waals surface area contributed by atoms with Crippen LogP contribution in [0.3, 0.4) is 0 Å². The van der Waals surface area contributed by atoms with Crippen molar-refractivity contribution in [3.05, 3.63) is 94.4 Å². The quantitative estimate of drug-likeness (QED) is 0.326. The van der Waals surface area contributed by atoms with Gasteiger partial charge in [0.15, 0.2) is 0 Å². The van der Waals surface area contributed by atoms with Gasteiger partial charge in [-0.05, 0) is 48.7 Å². The van der Waals surface area contributed by atoms with Crippen LogP contribution in [0.4, 0.5) is 22.0 Å². The molecule has 0 fully saturated rings. The molecule has 1 aliphatic rings. The molecular weight excluding hydrogens is 511 g/mol. The van der Waals surface area contributed by atoms with Crippen molar-refractivity contribution in [2.75, 3.05) is 6.54 Å². The number of fused-ring (bicyclic) bond motifs is 1. The van der Waals surface area contributed by atoms with Crippen molar-refractivity contribution in [1.82, 2.24) is 19.7 Å². The Morgan fingerprint density at radius 3 is 2.49 bits per heavy atom. The van der Waals surface area contributed by atoms with Crippen molar-refractivity contribution in [1.29, 1.82) is 0 Å². The molecular formula is C26H23F5N4OS. The van der Waals surface area contributed by atoms with Crippen LogP contribution in [-0.4, -0.2) is 37.4 Å². The van der Waals surface area contributed by atoms with Gasteiger partial charge in [0, 0.05) is 40.5 Å². The zero-order valence-corrected chi connectivity index (χ0v) is 20.5. The maximum atomic E-state index is 14.9. The molecule has 2 aromatic carbocycles. The molecule has 1 aliphatic heterocycles. The number of alkyl halides is 3. The van der Waals surface area contributed by atoms with Gasteiger partial charge in [-0.25, -0.2) is 18.4 Å². The molecule has 0 spiro atoms. The van der Waals surface area contributed by atoms with Crippen LogP contribution in [0.25, 0.3) is 10.4 Å². The van der Waals surface area contributed by atoms with E-state index in [0.29, 0.717) is 25.1 Å². The number of hydrogen-bond acceptors (Lipinski definition) is 5. The predicted octanol–water partition coefficient (Wildman–Crippen LogP) is 5.64. The molecule has 5 rings (SSSR count). The van der Waals surface area contributed by atoms with E-state index in [1.807, 2.05) is 11.0 Å². The lowest BCUT2D eigenvalue weighted by Gasteiger charge is -2.42. The summed E-state index contributed by atoms with van der Waals surface area (Å²) in [6, 6.07) is 9.55. The topological polar surface area (TPSA) is 54.2 Å². The fourth-order valence-electron chi connectivity index (χ4n) is 4.80. The molecule has 194 valence electrons. The van der Waals surface area contributed by atoms with Crippen LogP contribution < -0.4 is 0 Å². The lowest BCUT2D eigenvalue weighted by Crippen LogP contribution is -2.53. The largest absolute Gasteiger partial charge is 0.416 e. The maximum Gasteiger partial charge on any atom is 0.416 e. The smallest absolute Gasteiger partial charge is 0.381 e. The first-order chi connectivity index (χ1) is 17.5. The Hall–Kier alpha value is -3.15. The highest BCUT2D eigenvalue weighted by Gasteiger charge is 2.43. The Kier molecular flexibility index (Phi) is 6.63. The second kappa shape index (κ2) is 9.62. The first-order valence-corrected chi connectivity index (χ1v) is 12.4. The highest BCUT2D eigenvalue weighted by molar-refractivity contribution is 7.15. The number of benzene rings is 2. The van der Waals surface area contributed by atoms with Gasteiger partial charge in [-0.2, -0.15) is 18.3 Å². The van der Waals surface area contributed by atoms with Crippen LogP contribution in [-0.2, 0) is 31.3 Å². The van der Waals surface area contributed by atoms with Gasteiger partial charge in [0.2, 0.25) is 0 Å². The highest BCUT2D eigenvalue weighted by Crippen LogP contribution is 2.39. The SMILES string of the molecule is C[C@@H](N1CCc2sc(-c3ccc(C(F)(F)F)cc3)cc2C1)[C@](O)(Cn1cncn1)c1ccc(F)cc1F. The molecule has 2 aromatic heterocycles. The molecule has 0 bridgehead atoms. The van der Waals surface area contributed by atoms with Crippen molar-refractivity contribution < 1.29 is 27.1 Å². The average molecular weight is 535 g/mol. The summed E-state index contributed by atoms with van der Waals surface area (Å²) >= 11 is 1.53. The van der Waals surface area contributed by atoms with E-state index in [-0.39, 0.29) is 12.1 Å². The maximum absolute atomic E-state index is 14.9. The van der Waals surface area contributed by atoms with E-state index in [2.05, 4.69) is 10.1 Å². The minimum Gasteiger partial charge on any atom is -0.381 e. The third-order valence-electron chi connectivity index (χ3n) is 6.90. The third-order valence-corrected chi connectivity index (χ3v) is 8.19. The van der Waals surface area contributed by atoms with Crippen molar-refractivity contribution in [3.8, 4) is 10.4 Å². The van der Waals surface area contributed by atoms with E-state index in [1.165, 1.54) is 46.9 Å². The van der Waals surface area contributed by atoms with E-state index in [0.717, 1.165) is 39.6 Å². The summed E-state index contributed by atoms with van der Waals surface area (Å²) in [7, 11) is 0. The van der Waals surface area contributed by atoms with Gasteiger partial charge in [-0.3, -0.25) is 4.90 Å². The lowest BCUT2D eigenvalue weighted by molar-refractivity contribution is -0.137. The Labute approximate surface area is 213 Å². The molecule has 0 saturated heterocycles. The van der Waals surface area contributed by atoms with E-state index in [9.17, 15) is 27.1 Å². The van der Waals surface area contributed by atoms with Crippen molar-refractivity contribution in [2.24, 2.45) is 0 Å². The van der Waals surface area contributed by atoms with Crippen molar-refractivity contribution in [3.63, 3.8) is 0 Å². The number of aromatic nitrogens is 3. The Balaban J connectivity index is 1.42. The summed E-state index contributed by atoms with van der Waals surface area (Å²) in [6.07, 6.45) is -0.997. The number of thiophene rings is 1. The lowest BCUT2D eigenvalue weighted by atomic mass is 9.84. The van der Waals surface area contributed by atoms with Crippen LogP contribution in [0.2, 0.25) is 0 Å². The van der Waals surface area contributed by atoms with Gasteiger partial charge in [-0.1, -0.05) is 18.2 Å². The summed E-state index contributed by atoms with van der Waals surface area (Å²) < 4.78 is 68.8. The van der Waals surface area contributed by atoms with Gasteiger partial charge in [-0.15, -0.1) is 11.3 Å². The summed E-state index contributed by atoms with van der Waals surface area (Å²) in [6.45, 7) is 2.72. The average Bonchev–Trinajstić information content (AvgIpc) is 3.52. The molecule has 1 N–H and O–H groups in total. The van der Waals surface area contributed by atoms with E-state index in [1.54, 1.807) is 6.92 Å². The van der Waals surface area contributed by atoms with Crippen LogP contribution in [0.5, 0.6) is 0 Å². The molecule has 4 aromatic rings. The number of rotatable bonds is 6. The Morgan fingerprint density at radius 2 is 1.84 bits per heavy atom. The normalized spacial score (nSPS) is 16.8. The van der Waals surface area contributed by atoms with Gasteiger partial charge in [0.1, 0.15) is 29.9 Å². The molecule has 0 unspecified atom stereocenters. The summed E-state index contributed by atoms with van der Waals surface area (Å²) in [4.78, 5) is 7.89. The predicted molar refractivity (Wildman–Crippen MR) is 129 cm³/mol. The monoisotopic (exact) mass is 534 g/mol. The molecule has 37 heavy (non-hydrogen) atoms. The number of halogens is 5. The molecule has 0 radical (unpaired) electrons. The fraction of sp³-hybridized carbons (Fsp3) is 0.308. The zero-order valence-electron chi connectivity index (χ0n) is 19.7. The molecule has 5 nitrogen and oxygen atoms in total. The summed E-state index contributed by atoms with van der Waals surface area (Å²) in [5.74, 6) is -1.60. The standard InChI is InChI=1S/C26H23F5N4OS/c1-16(25(36,13-35-15-32-14-33-35)21-7-6-20(27)11-22(21)28)34-9-8-23-18(12-34)10-24(37-23)17-2-4-19(5-3-17)26(29,30)31/h2-7,10-11,14-16,36H,8-9,12-13H2,1H3/t16-,25-/m1/s1. The summed E-state index contributed by atoms with van der Waals surface area (Å²) in [5.41, 5.74) is -0.797. The Morgan fingerprint density at radius 1 is 1.08 bits per heavy atom. The highest BCUT2D eigenvalue weighted by atomic mass is 32.1. The molecule has 3 heterocycles. The molecule has 0 saturated carbocycles. The van der Waals surface area contributed by atoms with E-state index < -0.39 is 35.0 Å². The Bertz CT molecular complexity index is 1390. The van der Waals surface area contributed by atoms with Crippen molar-refractivity contribution >= 4 is 11.3 Å². The van der Waals surface area contributed by atoms with Crippen LogP contribution in [0.1, 0.15) is 28.5 Å². The summed E-state index contributed by atoms with van der Waals surface area (Å²) in [5, 5.41) is 15.9. The fourth-order valence-corrected chi connectivity index (χ4v) is 5.97. The number of aliphatic hydroxyl groups is 1. The van der Waals surface area contributed by atoms with Gasteiger partial charge >= 0.3 is 6.18 Å². The minimum absolute atomic E-state index is 0.0431. The number of hydrogen-bond donors (Lipinski definition) is 1. The van der Waals surface area contributed by atoms with E-state index >= 15 is 0 Å². The molecule has 2 atom stereocenters. The van der Waals surface area contributed by atoms with Crippen LogP contribution in [0.15, 0.2) is 61.2 Å². The molecule has 0 aliphatic carbocycles. The second-order valence-corrected chi connectivity index (χ2v) is 10.3. The molecule has 0 amide bonds. The molecule has 11 heteroatoms. The van der Waals surface area contributed by atoms with E-state index in [4.69, 9.17) is 0 Å². The van der Waals surface area contributed by atoms with Crippen LogP contribution in [0, 0.1) is 11.6 Å². The van der Waals surface area contributed by atoms with Crippen LogP contribution >= 0.6 is 11.3 Å². The van der Waals surface area contributed by atoms with Crippen molar-refractivity contribution in [2.45, 2.75) is 44.3 Å². The van der Waals surface area contributed by atoms with Gasteiger partial charge in [0.25, 0.3) is 0 Å². The zero-order chi connectivity index (χ0) is 26.4. The number of nitrogens with zero attached hydrogens (tertiary/aromatic N) is 4. The third kappa shape index (κ3) is 5.03. The van der Waals surface area contributed by atoms with Gasteiger partial charge in [0.05, 0.1) is 12.1 Å². The minimum atomic E-state index is -4.39. The first-order valence-electron chi connectivity index (χ1n) is 11.6. The van der Waals surface area contributed by atoms with Gasteiger partial charge < -0.3 is 5.11 Å². The first kappa shape index (κ1) is 25.5.